The van der Waals surface area contributed by atoms with Crippen LogP contribution in [0.1, 0.15) is 31.9 Å². The van der Waals surface area contributed by atoms with Gasteiger partial charge in [0.2, 0.25) is 0 Å². The van der Waals surface area contributed by atoms with E-state index in [-0.39, 0.29) is 0 Å². The molecule has 0 unspecified atom stereocenters. The zero-order valence-corrected chi connectivity index (χ0v) is 11.2. The summed E-state index contributed by atoms with van der Waals surface area (Å²) >= 11 is 0. The largest absolute Gasteiger partial charge is 0.323 e. The fourth-order valence-corrected chi connectivity index (χ4v) is 2.49. The lowest BCUT2D eigenvalue weighted by Crippen LogP contribution is -2.22. The van der Waals surface area contributed by atoms with Crippen LogP contribution in [0.4, 0.5) is 0 Å². The molecular weight excluding hydrogens is 220 g/mol. The second-order valence-corrected chi connectivity index (χ2v) is 4.74. The van der Waals surface area contributed by atoms with Gasteiger partial charge in [0.1, 0.15) is 0 Å². The molecule has 1 aliphatic carbocycles. The van der Waals surface area contributed by atoms with Crippen molar-refractivity contribution in [2.24, 2.45) is 11.8 Å². The molecule has 0 bridgehead atoms. The van der Waals surface area contributed by atoms with Crippen LogP contribution in [0.5, 0.6) is 0 Å². The van der Waals surface area contributed by atoms with Crippen molar-refractivity contribution >= 4 is 11.1 Å². The molecule has 0 atom stereocenters. The monoisotopic (exact) mass is 240 g/mol. The van der Waals surface area contributed by atoms with Crippen LogP contribution in [0.15, 0.2) is 48.2 Å². The molecule has 94 valence electrons. The summed E-state index contributed by atoms with van der Waals surface area (Å²) in [4.78, 5) is 0. The first kappa shape index (κ1) is 12.7. The summed E-state index contributed by atoms with van der Waals surface area (Å²) < 4.78 is 0. The van der Waals surface area contributed by atoms with Crippen LogP contribution in [-0.4, -0.2) is 0 Å². The van der Waals surface area contributed by atoms with Crippen molar-refractivity contribution in [1.82, 2.24) is 5.43 Å². The van der Waals surface area contributed by atoms with Crippen LogP contribution < -0.4 is 11.3 Å². The zero-order valence-electron chi connectivity index (χ0n) is 11.2. The Morgan fingerprint density at radius 3 is 2.39 bits per heavy atom. The molecule has 0 saturated heterocycles. The van der Waals surface area contributed by atoms with Crippen molar-refractivity contribution in [2.45, 2.75) is 20.8 Å². The highest BCUT2D eigenvalue weighted by molar-refractivity contribution is 6.00. The highest BCUT2D eigenvalue weighted by Gasteiger charge is 2.26. The zero-order chi connectivity index (χ0) is 13.1. The molecule has 1 aromatic rings. The third kappa shape index (κ3) is 2.00. The normalized spacial score (nSPS) is 17.1. The number of fused-ring (bicyclic) bond motifs is 1. The van der Waals surface area contributed by atoms with Crippen molar-refractivity contribution in [2.75, 3.05) is 0 Å². The van der Waals surface area contributed by atoms with Crippen molar-refractivity contribution < 1.29 is 0 Å². The second kappa shape index (κ2) is 5.23. The van der Waals surface area contributed by atoms with Crippen molar-refractivity contribution in [3.05, 3.63) is 59.3 Å². The topological polar surface area (TPSA) is 38.0 Å². The molecule has 18 heavy (non-hydrogen) atoms. The smallest absolute Gasteiger partial charge is 0.0604 e. The fourth-order valence-electron chi connectivity index (χ4n) is 2.49. The summed E-state index contributed by atoms with van der Waals surface area (Å²) in [5.41, 5.74) is 8.94. The number of hydrazine groups is 1. The Morgan fingerprint density at radius 2 is 1.83 bits per heavy atom. The minimum atomic E-state index is 0.439. The highest BCUT2D eigenvalue weighted by Crippen LogP contribution is 2.42. The summed E-state index contributed by atoms with van der Waals surface area (Å²) in [5.74, 6) is 6.17. The lowest BCUT2D eigenvalue weighted by Gasteiger charge is -2.11. The maximum absolute atomic E-state index is 5.73. The van der Waals surface area contributed by atoms with Crippen LogP contribution in [0, 0.1) is 5.92 Å². The van der Waals surface area contributed by atoms with E-state index in [4.69, 9.17) is 5.84 Å². The van der Waals surface area contributed by atoms with E-state index in [1.165, 1.54) is 22.3 Å². The Labute approximate surface area is 109 Å². The predicted molar refractivity (Wildman–Crippen MR) is 78.3 cm³/mol. The summed E-state index contributed by atoms with van der Waals surface area (Å²) in [5, 5.41) is 0. The molecule has 2 rings (SSSR count). The van der Waals surface area contributed by atoms with Crippen LogP contribution in [0.2, 0.25) is 0 Å². The van der Waals surface area contributed by atoms with Crippen LogP contribution >= 0.6 is 0 Å². The Hall–Kier alpha value is -1.80. The molecular formula is C16H20N2. The molecule has 0 aliphatic heterocycles. The number of benzene rings is 1. The minimum Gasteiger partial charge on any atom is -0.323 e. The predicted octanol–water partition coefficient (Wildman–Crippen LogP) is 3.49. The van der Waals surface area contributed by atoms with E-state index in [1.807, 2.05) is 19.1 Å². The number of rotatable bonds is 3. The Balaban J connectivity index is 2.67. The number of nitrogens with one attached hydrogen (secondary N) is 1. The van der Waals surface area contributed by atoms with E-state index < -0.39 is 0 Å². The maximum Gasteiger partial charge on any atom is 0.0604 e. The standard InChI is InChI=1S/C16H20N2/c1-4-5-8-14-12-9-6-7-10-13(12)15(11(2)3)16(14)18-17/h4-11,18H,17H2,1-3H3/b5-4-,14-8-. The summed E-state index contributed by atoms with van der Waals surface area (Å²) in [6, 6.07) is 8.46. The lowest BCUT2D eigenvalue weighted by molar-refractivity contribution is 0.830. The quantitative estimate of drug-likeness (QED) is 0.627. The maximum atomic E-state index is 5.73. The van der Waals surface area contributed by atoms with Gasteiger partial charge in [0, 0.05) is 5.57 Å². The van der Waals surface area contributed by atoms with Crippen LogP contribution in [0.25, 0.3) is 11.1 Å². The molecule has 1 aromatic carbocycles. The van der Waals surface area contributed by atoms with Gasteiger partial charge in [-0.05, 0) is 29.5 Å². The van der Waals surface area contributed by atoms with Gasteiger partial charge < -0.3 is 5.43 Å². The summed E-state index contributed by atoms with van der Waals surface area (Å²) in [6.07, 6.45) is 6.19. The summed E-state index contributed by atoms with van der Waals surface area (Å²) in [6.45, 7) is 6.41. The number of nitrogens with two attached hydrogens (primary N) is 1. The van der Waals surface area contributed by atoms with Gasteiger partial charge in [-0.3, -0.25) is 5.84 Å². The molecule has 0 amide bonds. The Morgan fingerprint density at radius 1 is 1.17 bits per heavy atom. The molecule has 0 heterocycles. The molecule has 3 N–H and O–H groups in total. The molecule has 2 heteroatoms. The van der Waals surface area contributed by atoms with Crippen molar-refractivity contribution in [3.8, 4) is 0 Å². The number of hydrogen-bond acceptors (Lipinski definition) is 2. The molecule has 0 spiro atoms. The van der Waals surface area contributed by atoms with Gasteiger partial charge >= 0.3 is 0 Å². The Kier molecular flexibility index (Phi) is 3.68. The molecule has 0 aromatic heterocycles. The minimum absolute atomic E-state index is 0.439. The molecule has 0 fully saturated rings. The summed E-state index contributed by atoms with van der Waals surface area (Å²) in [7, 11) is 0. The average Bonchev–Trinajstić information content (AvgIpc) is 2.70. The third-order valence-corrected chi connectivity index (χ3v) is 3.22. The molecule has 2 nitrogen and oxygen atoms in total. The average molecular weight is 240 g/mol. The first-order valence-corrected chi connectivity index (χ1v) is 6.34. The SMILES string of the molecule is C/C=C\C=C1/C(NN)=C(C(C)C)c2ccccc21. The van der Waals surface area contributed by atoms with Gasteiger partial charge in [-0.15, -0.1) is 0 Å². The van der Waals surface area contributed by atoms with E-state index in [9.17, 15) is 0 Å². The van der Waals surface area contributed by atoms with Crippen molar-refractivity contribution in [3.63, 3.8) is 0 Å². The van der Waals surface area contributed by atoms with Gasteiger partial charge in [0.05, 0.1) is 5.70 Å². The molecule has 0 radical (unpaired) electrons. The van der Waals surface area contributed by atoms with Gasteiger partial charge in [-0.25, -0.2) is 0 Å². The fraction of sp³-hybridized carbons (Fsp3) is 0.250. The molecule has 1 aliphatic rings. The van der Waals surface area contributed by atoms with E-state index >= 15 is 0 Å². The number of hydrogen-bond donors (Lipinski definition) is 2. The van der Waals surface area contributed by atoms with Gasteiger partial charge in [0.25, 0.3) is 0 Å². The van der Waals surface area contributed by atoms with E-state index in [2.05, 4.69) is 49.6 Å². The van der Waals surface area contributed by atoms with E-state index in [1.54, 1.807) is 0 Å². The van der Waals surface area contributed by atoms with Gasteiger partial charge in [-0.1, -0.05) is 56.3 Å². The highest BCUT2D eigenvalue weighted by atomic mass is 15.2. The molecule has 0 saturated carbocycles. The van der Waals surface area contributed by atoms with Crippen LogP contribution in [0.3, 0.4) is 0 Å². The first-order chi connectivity index (χ1) is 8.70. The second-order valence-electron chi connectivity index (χ2n) is 4.74. The van der Waals surface area contributed by atoms with Gasteiger partial charge in [-0.2, -0.15) is 0 Å². The van der Waals surface area contributed by atoms with Gasteiger partial charge in [0.15, 0.2) is 0 Å². The first-order valence-electron chi connectivity index (χ1n) is 6.34. The lowest BCUT2D eigenvalue weighted by atomic mass is 9.96. The Bertz CT molecular complexity index is 534. The van der Waals surface area contributed by atoms with Crippen LogP contribution in [-0.2, 0) is 0 Å². The van der Waals surface area contributed by atoms with E-state index in [0.717, 1.165) is 5.70 Å². The third-order valence-electron chi connectivity index (χ3n) is 3.22. The van der Waals surface area contributed by atoms with Crippen molar-refractivity contribution in [1.29, 1.82) is 0 Å². The number of allylic oxidation sites excluding steroid dienone is 5. The van der Waals surface area contributed by atoms with E-state index in [0.29, 0.717) is 5.92 Å².